The Hall–Kier alpha value is -3.47. The topological polar surface area (TPSA) is 47.6 Å². The Morgan fingerprint density at radius 3 is 2.44 bits per heavy atom. The van der Waals surface area contributed by atoms with Gasteiger partial charge in [-0.05, 0) is 53.1 Å². The molecule has 34 heavy (non-hydrogen) atoms. The number of benzene rings is 4. The minimum absolute atomic E-state index is 0.0230. The molecule has 1 saturated heterocycles. The molecule has 1 fully saturated rings. The Bertz CT molecular complexity index is 1240. The van der Waals surface area contributed by atoms with Crippen molar-refractivity contribution in [2.45, 2.75) is 25.0 Å². The molecule has 2 atom stereocenters. The molecule has 0 saturated carbocycles. The van der Waals surface area contributed by atoms with Crippen molar-refractivity contribution in [2.24, 2.45) is 0 Å². The first-order valence-corrected chi connectivity index (χ1v) is 11.9. The molecule has 172 valence electrons. The summed E-state index contributed by atoms with van der Waals surface area (Å²) in [5.41, 5.74) is 3.10. The zero-order valence-electron chi connectivity index (χ0n) is 19.2. The van der Waals surface area contributed by atoms with Crippen LogP contribution in [0, 0.1) is 0 Å². The molecule has 0 unspecified atom stereocenters. The second kappa shape index (κ2) is 10.6. The number of Topliss-reactive ketones (excluding diaryl/α,β-unsaturated/α-hetero) is 1. The third kappa shape index (κ3) is 5.36. The Balaban J connectivity index is 1.20. The highest BCUT2D eigenvalue weighted by atomic mass is 16.5. The minimum atomic E-state index is -0.0230. The first-order chi connectivity index (χ1) is 16.8. The molecule has 0 amide bonds. The fraction of sp³-hybridized carbons (Fsp3) is 0.233. The fourth-order valence-electron chi connectivity index (χ4n) is 4.59. The van der Waals surface area contributed by atoms with Gasteiger partial charge in [-0.25, -0.2) is 0 Å². The predicted molar refractivity (Wildman–Crippen MR) is 135 cm³/mol. The lowest BCUT2D eigenvalue weighted by atomic mass is 9.87. The minimum Gasteiger partial charge on any atom is -0.485 e. The molecule has 1 N–H and O–H groups in total. The average molecular weight is 452 g/mol. The molecule has 4 aromatic rings. The summed E-state index contributed by atoms with van der Waals surface area (Å²) >= 11 is 0. The van der Waals surface area contributed by atoms with Crippen molar-refractivity contribution in [3.05, 3.63) is 114 Å². The van der Waals surface area contributed by atoms with Gasteiger partial charge in [-0.1, -0.05) is 78.9 Å². The van der Waals surface area contributed by atoms with Crippen LogP contribution in [0.5, 0.6) is 5.75 Å². The van der Waals surface area contributed by atoms with E-state index in [1.807, 2.05) is 42.5 Å². The van der Waals surface area contributed by atoms with E-state index < -0.39 is 0 Å². The van der Waals surface area contributed by atoms with Crippen molar-refractivity contribution in [1.29, 1.82) is 0 Å². The first-order valence-electron chi connectivity index (χ1n) is 11.9. The number of piperidine rings is 1. The van der Waals surface area contributed by atoms with E-state index in [1.165, 1.54) is 21.9 Å². The van der Waals surface area contributed by atoms with Crippen LogP contribution in [0.1, 0.15) is 33.8 Å². The zero-order valence-corrected chi connectivity index (χ0v) is 19.2. The Morgan fingerprint density at radius 2 is 1.62 bits per heavy atom. The summed E-state index contributed by atoms with van der Waals surface area (Å²) in [6.45, 7) is 2.44. The van der Waals surface area contributed by atoms with Crippen LogP contribution in [-0.4, -0.2) is 31.6 Å². The summed E-state index contributed by atoms with van der Waals surface area (Å²) in [5, 5.41) is 5.96. The molecule has 1 heterocycles. The number of hydrogen-bond donors (Lipinski definition) is 1. The van der Waals surface area contributed by atoms with E-state index in [0.29, 0.717) is 23.8 Å². The van der Waals surface area contributed by atoms with Gasteiger partial charge in [0.05, 0.1) is 12.7 Å². The van der Waals surface area contributed by atoms with E-state index in [1.54, 1.807) is 0 Å². The average Bonchev–Trinajstić information content (AvgIpc) is 2.91. The van der Waals surface area contributed by atoms with Gasteiger partial charge in [-0.15, -0.1) is 0 Å². The van der Waals surface area contributed by atoms with Crippen LogP contribution in [-0.2, 0) is 11.3 Å². The second-order valence-electron chi connectivity index (χ2n) is 8.78. The van der Waals surface area contributed by atoms with Gasteiger partial charge in [-0.3, -0.25) is 4.79 Å². The van der Waals surface area contributed by atoms with Crippen molar-refractivity contribution < 1.29 is 14.3 Å². The van der Waals surface area contributed by atoms with E-state index in [-0.39, 0.29) is 18.5 Å². The third-order valence-corrected chi connectivity index (χ3v) is 6.48. The quantitative estimate of drug-likeness (QED) is 0.346. The molecule has 4 heteroatoms. The van der Waals surface area contributed by atoms with E-state index in [9.17, 15) is 4.79 Å². The fourth-order valence-corrected chi connectivity index (χ4v) is 4.59. The summed E-state index contributed by atoms with van der Waals surface area (Å²) in [5.74, 6) is 1.00. The normalized spacial score (nSPS) is 18.0. The maximum atomic E-state index is 12.3. The maximum Gasteiger partial charge on any atom is 0.200 e. The third-order valence-electron chi connectivity index (χ3n) is 6.48. The highest BCUT2D eigenvalue weighted by molar-refractivity contribution is 5.97. The summed E-state index contributed by atoms with van der Waals surface area (Å²) in [7, 11) is 0. The van der Waals surface area contributed by atoms with Crippen molar-refractivity contribution in [2.75, 3.05) is 19.7 Å². The highest BCUT2D eigenvalue weighted by Gasteiger charge is 2.27. The molecule has 0 radical (unpaired) electrons. The Labute approximate surface area is 200 Å². The lowest BCUT2D eigenvalue weighted by Gasteiger charge is -2.32. The number of nitrogens with one attached hydrogen (secondary N) is 1. The van der Waals surface area contributed by atoms with Gasteiger partial charge in [0.2, 0.25) is 0 Å². The smallest absolute Gasteiger partial charge is 0.200 e. The summed E-state index contributed by atoms with van der Waals surface area (Å²) in [6.07, 6.45) is 1.13. The van der Waals surface area contributed by atoms with Gasteiger partial charge in [0.1, 0.15) is 5.75 Å². The second-order valence-corrected chi connectivity index (χ2v) is 8.78. The van der Waals surface area contributed by atoms with Crippen LogP contribution in [0.4, 0.5) is 0 Å². The number of ketones is 1. The van der Waals surface area contributed by atoms with Gasteiger partial charge in [-0.2, -0.15) is 0 Å². The van der Waals surface area contributed by atoms with E-state index in [2.05, 4.69) is 59.9 Å². The van der Waals surface area contributed by atoms with Gasteiger partial charge in [0, 0.05) is 18.0 Å². The molecule has 4 aromatic carbocycles. The number of carbonyl (C=O) groups excluding carboxylic acids is 1. The number of hydrogen-bond acceptors (Lipinski definition) is 4. The van der Waals surface area contributed by atoms with E-state index in [0.717, 1.165) is 19.5 Å². The van der Waals surface area contributed by atoms with Crippen molar-refractivity contribution >= 4 is 16.6 Å². The van der Waals surface area contributed by atoms with E-state index >= 15 is 0 Å². The van der Waals surface area contributed by atoms with Crippen molar-refractivity contribution in [1.82, 2.24) is 5.32 Å². The molecule has 0 aromatic heterocycles. The Kier molecular flexibility index (Phi) is 6.99. The molecule has 0 aliphatic carbocycles. The molecule has 1 aliphatic rings. The van der Waals surface area contributed by atoms with Crippen LogP contribution < -0.4 is 10.1 Å². The monoisotopic (exact) mass is 451 g/mol. The summed E-state index contributed by atoms with van der Waals surface area (Å²) < 4.78 is 12.1. The molecular formula is C30H29NO3. The van der Waals surface area contributed by atoms with Crippen LogP contribution in [0.25, 0.3) is 10.8 Å². The summed E-state index contributed by atoms with van der Waals surface area (Å²) in [4.78, 5) is 12.3. The van der Waals surface area contributed by atoms with Crippen molar-refractivity contribution in [3.63, 3.8) is 0 Å². The predicted octanol–water partition coefficient (Wildman–Crippen LogP) is 5.76. The molecule has 4 nitrogen and oxygen atoms in total. The molecule has 0 spiro atoms. The largest absolute Gasteiger partial charge is 0.485 e. The number of carbonyl (C=O) groups is 1. The SMILES string of the molecule is O=C(COc1ccc([C@H]2CCNC[C@@H]2OCc2ccc3ccccc3c2)cc1)c1ccccc1. The maximum absolute atomic E-state index is 12.3. The highest BCUT2D eigenvalue weighted by Crippen LogP contribution is 2.30. The number of rotatable bonds is 8. The standard InChI is InChI=1S/C30H29NO3/c32-29(25-7-2-1-3-8-25)21-33-27-14-12-24(13-15-27)28-16-17-31-19-30(28)34-20-22-10-11-23-6-4-5-9-26(23)18-22/h1-15,18,28,30-31H,16-17,19-21H2/t28-,30+/m1/s1. The van der Waals surface area contributed by atoms with Crippen LogP contribution in [0.3, 0.4) is 0 Å². The number of fused-ring (bicyclic) bond motifs is 1. The van der Waals surface area contributed by atoms with Gasteiger partial charge in [0.25, 0.3) is 0 Å². The van der Waals surface area contributed by atoms with Crippen LogP contribution >= 0.6 is 0 Å². The van der Waals surface area contributed by atoms with Gasteiger partial charge >= 0.3 is 0 Å². The first kappa shape index (κ1) is 22.3. The van der Waals surface area contributed by atoms with Crippen LogP contribution in [0.15, 0.2) is 97.1 Å². The van der Waals surface area contributed by atoms with Gasteiger partial charge in [0.15, 0.2) is 12.4 Å². The Morgan fingerprint density at radius 1 is 0.853 bits per heavy atom. The molecule has 0 bridgehead atoms. The van der Waals surface area contributed by atoms with Crippen molar-refractivity contribution in [3.8, 4) is 5.75 Å². The zero-order chi connectivity index (χ0) is 23.2. The lowest BCUT2D eigenvalue weighted by Crippen LogP contribution is -2.40. The lowest BCUT2D eigenvalue weighted by molar-refractivity contribution is 0.0106. The van der Waals surface area contributed by atoms with Gasteiger partial charge < -0.3 is 14.8 Å². The van der Waals surface area contributed by atoms with E-state index in [4.69, 9.17) is 9.47 Å². The molecule has 1 aliphatic heterocycles. The number of ether oxygens (including phenoxy) is 2. The molecular weight excluding hydrogens is 422 g/mol. The van der Waals surface area contributed by atoms with Crippen LogP contribution in [0.2, 0.25) is 0 Å². The molecule has 5 rings (SSSR count). The summed E-state index contributed by atoms with van der Waals surface area (Å²) in [6, 6.07) is 32.3.